The zero-order valence-corrected chi connectivity index (χ0v) is 8.47. The number of hydrogen-bond acceptors (Lipinski definition) is 4. The Labute approximate surface area is 80.9 Å². The van der Waals surface area contributed by atoms with Crippen LogP contribution in [-0.2, 0) is 11.3 Å². The maximum Gasteiger partial charge on any atom is 0.232 e. The molecule has 1 rings (SSSR count). The molecule has 5 nitrogen and oxygen atoms in total. The predicted molar refractivity (Wildman–Crippen MR) is 51.2 cm³/mol. The van der Waals surface area contributed by atoms with Gasteiger partial charge in [0.1, 0.15) is 12.2 Å². The van der Waals surface area contributed by atoms with Crippen molar-refractivity contribution in [3.63, 3.8) is 0 Å². The van der Waals surface area contributed by atoms with Crippen LogP contribution in [0.15, 0.2) is 6.33 Å². The number of carbonyl (C=O) groups is 1. The van der Waals surface area contributed by atoms with Crippen LogP contribution in [0.25, 0.3) is 0 Å². The zero-order chi connectivity index (χ0) is 9.68. The number of rotatable bonds is 4. The molecule has 0 saturated heterocycles. The fourth-order valence-electron chi connectivity index (χ4n) is 0.853. The smallest absolute Gasteiger partial charge is 0.232 e. The van der Waals surface area contributed by atoms with Gasteiger partial charge in [0.15, 0.2) is 0 Å². The number of thioether (sulfide) groups is 1. The van der Waals surface area contributed by atoms with E-state index < -0.39 is 0 Å². The first-order valence-electron chi connectivity index (χ1n) is 3.81. The van der Waals surface area contributed by atoms with E-state index in [1.54, 1.807) is 11.9 Å². The van der Waals surface area contributed by atoms with E-state index in [0.717, 1.165) is 0 Å². The molecule has 0 saturated carbocycles. The molecule has 6 heteroatoms. The van der Waals surface area contributed by atoms with E-state index in [4.69, 9.17) is 0 Å². The van der Waals surface area contributed by atoms with Crippen LogP contribution in [0, 0.1) is 0 Å². The largest absolute Gasteiger partial charge is 0.338 e. The molecule has 0 fully saturated rings. The summed E-state index contributed by atoms with van der Waals surface area (Å²) in [7, 11) is 1.75. The highest BCUT2D eigenvalue weighted by Gasteiger charge is 2.08. The Morgan fingerprint density at radius 2 is 2.54 bits per heavy atom. The first kappa shape index (κ1) is 10.0. The number of H-pyrrole nitrogens is 1. The van der Waals surface area contributed by atoms with E-state index in [9.17, 15) is 4.79 Å². The number of nitrogens with one attached hydrogen (secondary N) is 1. The van der Waals surface area contributed by atoms with Crippen LogP contribution in [0.4, 0.5) is 0 Å². The molecular weight excluding hydrogens is 188 g/mol. The Morgan fingerprint density at radius 3 is 3.08 bits per heavy atom. The molecule has 0 aliphatic rings. The van der Waals surface area contributed by atoms with E-state index in [1.807, 2.05) is 6.26 Å². The van der Waals surface area contributed by atoms with Gasteiger partial charge in [-0.15, -0.1) is 0 Å². The SMILES string of the molecule is CSCC(=O)N(C)Cc1ncn[nH]1. The molecule has 13 heavy (non-hydrogen) atoms. The van der Waals surface area contributed by atoms with Crippen molar-refractivity contribution in [3.05, 3.63) is 12.2 Å². The molecule has 0 aliphatic heterocycles. The summed E-state index contributed by atoms with van der Waals surface area (Å²) >= 11 is 1.51. The number of amides is 1. The summed E-state index contributed by atoms with van der Waals surface area (Å²) in [4.78, 5) is 16.9. The summed E-state index contributed by atoms with van der Waals surface area (Å²) in [5.74, 6) is 1.31. The number of nitrogens with zero attached hydrogens (tertiary/aromatic N) is 3. The molecule has 1 amide bonds. The summed E-state index contributed by atoms with van der Waals surface area (Å²) in [6.07, 6.45) is 3.34. The van der Waals surface area contributed by atoms with Gasteiger partial charge in [-0.1, -0.05) is 0 Å². The highest BCUT2D eigenvalue weighted by molar-refractivity contribution is 7.99. The minimum absolute atomic E-state index is 0.101. The van der Waals surface area contributed by atoms with E-state index in [1.165, 1.54) is 18.1 Å². The highest BCUT2D eigenvalue weighted by atomic mass is 32.2. The number of carbonyl (C=O) groups excluding carboxylic acids is 1. The van der Waals surface area contributed by atoms with Gasteiger partial charge in [-0.3, -0.25) is 9.89 Å². The van der Waals surface area contributed by atoms with E-state index in [0.29, 0.717) is 18.1 Å². The first-order valence-corrected chi connectivity index (χ1v) is 5.20. The lowest BCUT2D eigenvalue weighted by Gasteiger charge is -2.14. The second kappa shape index (κ2) is 4.86. The predicted octanol–water partition coefficient (Wildman–Crippen LogP) is 0.126. The van der Waals surface area contributed by atoms with Gasteiger partial charge in [-0.05, 0) is 6.26 Å². The lowest BCUT2D eigenvalue weighted by Crippen LogP contribution is -2.28. The van der Waals surface area contributed by atoms with Crippen molar-refractivity contribution in [2.75, 3.05) is 19.1 Å². The van der Waals surface area contributed by atoms with Gasteiger partial charge < -0.3 is 4.90 Å². The molecule has 0 atom stereocenters. The van der Waals surface area contributed by atoms with E-state index in [-0.39, 0.29) is 5.91 Å². The fraction of sp³-hybridized carbons (Fsp3) is 0.571. The number of aromatic nitrogens is 3. The average Bonchev–Trinajstić information content (AvgIpc) is 2.57. The van der Waals surface area contributed by atoms with Crippen molar-refractivity contribution in [1.29, 1.82) is 0 Å². The molecule has 1 aromatic heterocycles. The second-order valence-electron chi connectivity index (χ2n) is 2.61. The summed E-state index contributed by atoms with van der Waals surface area (Å²) in [5.41, 5.74) is 0. The topological polar surface area (TPSA) is 61.9 Å². The molecule has 0 bridgehead atoms. The summed E-state index contributed by atoms with van der Waals surface area (Å²) in [6, 6.07) is 0. The minimum atomic E-state index is 0.101. The molecule has 72 valence electrons. The van der Waals surface area contributed by atoms with E-state index >= 15 is 0 Å². The lowest BCUT2D eigenvalue weighted by atomic mass is 10.5. The van der Waals surface area contributed by atoms with Gasteiger partial charge in [0, 0.05) is 7.05 Å². The molecule has 0 spiro atoms. The average molecular weight is 200 g/mol. The van der Waals surface area contributed by atoms with Crippen LogP contribution in [0.1, 0.15) is 5.82 Å². The molecule has 0 aromatic carbocycles. The van der Waals surface area contributed by atoms with Crippen molar-refractivity contribution in [2.45, 2.75) is 6.54 Å². The molecular formula is C7H12N4OS. The third-order valence-electron chi connectivity index (χ3n) is 1.55. The van der Waals surface area contributed by atoms with Gasteiger partial charge in [0.25, 0.3) is 0 Å². The van der Waals surface area contributed by atoms with Crippen molar-refractivity contribution in [1.82, 2.24) is 20.1 Å². The Morgan fingerprint density at radius 1 is 1.77 bits per heavy atom. The quantitative estimate of drug-likeness (QED) is 0.750. The summed E-state index contributed by atoms with van der Waals surface area (Å²) in [6.45, 7) is 0.486. The standard InChI is InChI=1S/C7H12N4OS/c1-11(7(12)4-13-2)3-6-8-5-9-10-6/h5H,3-4H2,1-2H3,(H,8,9,10). The summed E-state index contributed by atoms with van der Waals surface area (Å²) < 4.78 is 0. The second-order valence-corrected chi connectivity index (χ2v) is 3.48. The Bertz CT molecular complexity index is 261. The zero-order valence-electron chi connectivity index (χ0n) is 7.65. The van der Waals surface area contributed by atoms with Gasteiger partial charge in [0.2, 0.25) is 5.91 Å². The van der Waals surface area contributed by atoms with Gasteiger partial charge in [-0.25, -0.2) is 4.98 Å². The third-order valence-corrected chi connectivity index (χ3v) is 2.08. The molecule has 1 aromatic rings. The van der Waals surface area contributed by atoms with Gasteiger partial charge >= 0.3 is 0 Å². The maximum absolute atomic E-state index is 11.3. The lowest BCUT2D eigenvalue weighted by molar-refractivity contribution is -0.127. The van der Waals surface area contributed by atoms with Crippen LogP contribution in [-0.4, -0.2) is 45.0 Å². The maximum atomic E-state index is 11.3. The number of aromatic amines is 1. The van der Waals surface area contributed by atoms with Crippen LogP contribution < -0.4 is 0 Å². The molecule has 0 unspecified atom stereocenters. The van der Waals surface area contributed by atoms with Crippen LogP contribution in [0.5, 0.6) is 0 Å². The normalized spacial score (nSPS) is 10.0. The van der Waals surface area contributed by atoms with Crippen LogP contribution in [0.2, 0.25) is 0 Å². The minimum Gasteiger partial charge on any atom is -0.338 e. The Hall–Kier alpha value is -1.04. The van der Waals surface area contributed by atoms with E-state index in [2.05, 4.69) is 15.2 Å². The molecule has 1 heterocycles. The highest BCUT2D eigenvalue weighted by Crippen LogP contribution is 1.99. The first-order chi connectivity index (χ1) is 6.24. The van der Waals surface area contributed by atoms with Gasteiger partial charge in [0.05, 0.1) is 12.3 Å². The Kier molecular flexibility index (Phi) is 3.75. The summed E-state index contributed by atoms with van der Waals surface area (Å²) in [5, 5.41) is 6.40. The molecule has 0 radical (unpaired) electrons. The fourth-order valence-corrected chi connectivity index (χ4v) is 1.32. The van der Waals surface area contributed by atoms with Crippen LogP contribution in [0.3, 0.4) is 0 Å². The van der Waals surface area contributed by atoms with Gasteiger partial charge in [-0.2, -0.15) is 16.9 Å². The van der Waals surface area contributed by atoms with Crippen molar-refractivity contribution >= 4 is 17.7 Å². The third kappa shape index (κ3) is 3.06. The van der Waals surface area contributed by atoms with Crippen molar-refractivity contribution in [2.24, 2.45) is 0 Å². The van der Waals surface area contributed by atoms with Crippen molar-refractivity contribution in [3.8, 4) is 0 Å². The Balaban J connectivity index is 2.41. The number of hydrogen-bond donors (Lipinski definition) is 1. The van der Waals surface area contributed by atoms with Crippen molar-refractivity contribution < 1.29 is 4.79 Å². The molecule has 0 aliphatic carbocycles. The monoisotopic (exact) mass is 200 g/mol. The van der Waals surface area contributed by atoms with Crippen LogP contribution >= 0.6 is 11.8 Å². The molecule has 1 N–H and O–H groups in total.